The van der Waals surface area contributed by atoms with Crippen LogP contribution in [0.1, 0.15) is 28.4 Å². The SMILES string of the molecule is Cc1cccc(OC(C)C(=O)NNC(=O)c2cn[nH]c2-c2ccc(F)cc2)c1C. The first-order chi connectivity index (χ1) is 13.9. The molecule has 7 nitrogen and oxygen atoms in total. The van der Waals surface area contributed by atoms with Crippen LogP contribution in [0.2, 0.25) is 0 Å². The predicted octanol–water partition coefficient (Wildman–Crippen LogP) is 3.06. The lowest BCUT2D eigenvalue weighted by atomic mass is 10.1. The lowest BCUT2D eigenvalue weighted by Crippen LogP contribution is -2.47. The Morgan fingerprint density at radius 1 is 1.10 bits per heavy atom. The summed E-state index contributed by atoms with van der Waals surface area (Å²) in [6.45, 7) is 5.45. The third-order valence-corrected chi connectivity index (χ3v) is 4.54. The highest BCUT2D eigenvalue weighted by atomic mass is 19.1. The highest BCUT2D eigenvalue weighted by molar-refractivity contribution is 6.00. The summed E-state index contributed by atoms with van der Waals surface area (Å²) in [6.07, 6.45) is 0.507. The Balaban J connectivity index is 1.62. The van der Waals surface area contributed by atoms with Crippen molar-refractivity contribution in [2.45, 2.75) is 26.9 Å². The Labute approximate surface area is 167 Å². The van der Waals surface area contributed by atoms with Crippen LogP contribution in [0.3, 0.4) is 0 Å². The number of H-pyrrole nitrogens is 1. The first-order valence-corrected chi connectivity index (χ1v) is 8.99. The van der Waals surface area contributed by atoms with Gasteiger partial charge in [-0.25, -0.2) is 4.39 Å². The smallest absolute Gasteiger partial charge is 0.279 e. The number of nitrogens with one attached hydrogen (secondary N) is 3. The molecule has 0 saturated heterocycles. The molecule has 0 radical (unpaired) electrons. The number of aryl methyl sites for hydroxylation is 1. The van der Waals surface area contributed by atoms with Crippen molar-refractivity contribution < 1.29 is 18.7 Å². The predicted molar refractivity (Wildman–Crippen MR) is 106 cm³/mol. The fourth-order valence-electron chi connectivity index (χ4n) is 2.68. The molecule has 3 aromatic rings. The van der Waals surface area contributed by atoms with Gasteiger partial charge in [0, 0.05) is 5.56 Å². The molecule has 2 aromatic carbocycles. The second-order valence-electron chi connectivity index (χ2n) is 6.57. The molecule has 8 heteroatoms. The minimum absolute atomic E-state index is 0.208. The molecule has 0 aliphatic carbocycles. The van der Waals surface area contributed by atoms with Gasteiger partial charge < -0.3 is 4.74 Å². The Morgan fingerprint density at radius 3 is 2.55 bits per heavy atom. The van der Waals surface area contributed by atoms with Crippen LogP contribution in [0.25, 0.3) is 11.3 Å². The van der Waals surface area contributed by atoms with Crippen LogP contribution < -0.4 is 15.6 Å². The number of hydrazine groups is 1. The highest BCUT2D eigenvalue weighted by Gasteiger charge is 2.19. The summed E-state index contributed by atoms with van der Waals surface area (Å²) < 4.78 is 18.8. The third-order valence-electron chi connectivity index (χ3n) is 4.54. The molecule has 0 spiro atoms. The number of rotatable bonds is 5. The molecule has 0 fully saturated rings. The van der Waals surface area contributed by atoms with Crippen molar-refractivity contribution in [3.8, 4) is 17.0 Å². The minimum atomic E-state index is -0.822. The number of amides is 2. The van der Waals surface area contributed by atoms with Crippen LogP contribution in [0.15, 0.2) is 48.7 Å². The number of halogens is 1. The molecule has 0 aliphatic rings. The van der Waals surface area contributed by atoms with E-state index in [9.17, 15) is 14.0 Å². The van der Waals surface area contributed by atoms with Gasteiger partial charge in [0.15, 0.2) is 6.10 Å². The van der Waals surface area contributed by atoms with Gasteiger partial charge in [-0.05, 0) is 62.2 Å². The fraction of sp³-hybridized carbons (Fsp3) is 0.190. The van der Waals surface area contributed by atoms with Gasteiger partial charge in [-0.1, -0.05) is 12.1 Å². The molecule has 150 valence electrons. The number of hydrogen-bond acceptors (Lipinski definition) is 4. The monoisotopic (exact) mass is 396 g/mol. The van der Waals surface area contributed by atoms with Gasteiger partial charge in [-0.15, -0.1) is 0 Å². The number of carbonyl (C=O) groups excluding carboxylic acids is 2. The van der Waals surface area contributed by atoms with Crippen molar-refractivity contribution in [2.75, 3.05) is 0 Å². The number of nitrogens with zero attached hydrogens (tertiary/aromatic N) is 1. The van der Waals surface area contributed by atoms with E-state index in [1.165, 1.54) is 30.5 Å². The molecule has 29 heavy (non-hydrogen) atoms. The van der Waals surface area contributed by atoms with E-state index >= 15 is 0 Å². The van der Waals surface area contributed by atoms with Crippen molar-refractivity contribution in [3.63, 3.8) is 0 Å². The standard InChI is InChI=1S/C21H21FN4O3/c1-12-5-4-6-18(13(12)2)29-14(3)20(27)25-26-21(28)17-11-23-24-19(17)15-7-9-16(22)10-8-15/h4-11,14H,1-3H3,(H,23,24)(H,25,27)(H,26,28). The molecule has 1 unspecified atom stereocenters. The summed E-state index contributed by atoms with van der Waals surface area (Å²) in [4.78, 5) is 24.7. The lowest BCUT2D eigenvalue weighted by Gasteiger charge is -2.17. The Kier molecular flexibility index (Phi) is 5.92. The van der Waals surface area contributed by atoms with Crippen LogP contribution in [-0.4, -0.2) is 28.1 Å². The number of hydrogen-bond donors (Lipinski definition) is 3. The zero-order chi connectivity index (χ0) is 21.0. The minimum Gasteiger partial charge on any atom is -0.481 e. The number of carbonyl (C=O) groups is 2. The van der Waals surface area contributed by atoms with Crippen LogP contribution in [0.4, 0.5) is 4.39 Å². The third kappa shape index (κ3) is 4.60. The molecule has 0 aliphatic heterocycles. The van der Waals surface area contributed by atoms with Crippen molar-refractivity contribution in [3.05, 3.63) is 71.2 Å². The van der Waals surface area contributed by atoms with Gasteiger partial charge in [0.25, 0.3) is 11.8 Å². The van der Waals surface area contributed by atoms with Crippen LogP contribution >= 0.6 is 0 Å². The number of aromatic nitrogens is 2. The van der Waals surface area contributed by atoms with Crippen molar-refractivity contribution in [1.82, 2.24) is 21.0 Å². The molecule has 1 heterocycles. The molecule has 3 rings (SSSR count). The van der Waals surface area contributed by atoms with Gasteiger partial charge >= 0.3 is 0 Å². The molecule has 0 saturated carbocycles. The van der Waals surface area contributed by atoms with Crippen molar-refractivity contribution in [1.29, 1.82) is 0 Å². The summed E-state index contributed by atoms with van der Waals surface area (Å²) >= 11 is 0. The van der Waals surface area contributed by atoms with Gasteiger partial charge in [-0.3, -0.25) is 25.5 Å². The normalized spacial score (nSPS) is 11.6. The first-order valence-electron chi connectivity index (χ1n) is 8.99. The number of benzene rings is 2. The van der Waals surface area contributed by atoms with Crippen molar-refractivity contribution in [2.24, 2.45) is 0 Å². The maximum Gasteiger partial charge on any atom is 0.279 e. The van der Waals surface area contributed by atoms with E-state index in [1.807, 2.05) is 26.0 Å². The van der Waals surface area contributed by atoms with E-state index in [-0.39, 0.29) is 11.4 Å². The summed E-state index contributed by atoms with van der Waals surface area (Å²) in [5.41, 5.74) is 7.90. The maximum absolute atomic E-state index is 13.1. The molecular formula is C21H21FN4O3. The molecule has 0 bridgehead atoms. The topological polar surface area (TPSA) is 96.1 Å². The Bertz CT molecular complexity index is 1030. The van der Waals surface area contributed by atoms with Gasteiger partial charge in [0.2, 0.25) is 0 Å². The molecule has 1 atom stereocenters. The zero-order valence-electron chi connectivity index (χ0n) is 16.2. The average molecular weight is 396 g/mol. The van der Waals surface area contributed by atoms with Crippen LogP contribution in [-0.2, 0) is 4.79 Å². The maximum atomic E-state index is 13.1. The summed E-state index contributed by atoms with van der Waals surface area (Å²) in [6, 6.07) is 11.2. The zero-order valence-corrected chi connectivity index (χ0v) is 16.2. The molecule has 3 N–H and O–H groups in total. The number of ether oxygens (including phenoxy) is 1. The van der Waals surface area contributed by atoms with Crippen LogP contribution in [0, 0.1) is 19.7 Å². The Morgan fingerprint density at radius 2 is 1.83 bits per heavy atom. The summed E-state index contributed by atoms with van der Waals surface area (Å²) in [7, 11) is 0. The lowest BCUT2D eigenvalue weighted by molar-refractivity contribution is -0.128. The fourth-order valence-corrected chi connectivity index (χ4v) is 2.68. The second kappa shape index (κ2) is 8.55. The van der Waals surface area contributed by atoms with E-state index in [1.54, 1.807) is 13.0 Å². The summed E-state index contributed by atoms with van der Waals surface area (Å²) in [5.74, 6) is -0.854. The molecule has 1 aromatic heterocycles. The van der Waals surface area contributed by atoms with Gasteiger partial charge in [-0.2, -0.15) is 5.10 Å². The van der Waals surface area contributed by atoms with Crippen LogP contribution in [0.5, 0.6) is 5.75 Å². The van der Waals surface area contributed by atoms with E-state index in [4.69, 9.17) is 4.74 Å². The largest absolute Gasteiger partial charge is 0.481 e. The Hall–Kier alpha value is -3.68. The average Bonchev–Trinajstić information content (AvgIpc) is 3.19. The first kappa shape index (κ1) is 20.1. The summed E-state index contributed by atoms with van der Waals surface area (Å²) in [5, 5.41) is 6.57. The van der Waals surface area contributed by atoms with E-state index in [0.717, 1.165) is 11.1 Å². The highest BCUT2D eigenvalue weighted by Crippen LogP contribution is 2.22. The van der Waals surface area contributed by atoms with Crippen molar-refractivity contribution >= 4 is 11.8 Å². The van der Waals surface area contributed by atoms with E-state index in [0.29, 0.717) is 17.0 Å². The second-order valence-corrected chi connectivity index (χ2v) is 6.57. The molecular weight excluding hydrogens is 375 g/mol. The van der Waals surface area contributed by atoms with E-state index < -0.39 is 17.9 Å². The number of aromatic amines is 1. The van der Waals surface area contributed by atoms with Gasteiger partial charge in [0.05, 0.1) is 17.5 Å². The molecule has 2 amide bonds. The van der Waals surface area contributed by atoms with E-state index in [2.05, 4.69) is 21.0 Å². The van der Waals surface area contributed by atoms with Gasteiger partial charge in [0.1, 0.15) is 11.6 Å². The quantitative estimate of drug-likeness (QED) is 0.578.